The standard InChI is InChI=1S/C5H6O3.C4H6O2.C3H6O2.Na/c6-3-4-1-2-8-5(4)7;5-4-2-1-3-6-4;1-2-5-3-4;/h3,6H,1-2H2;1-3H2;3H,2H2,1H3;/q;;;+1/p-1/b4-3+;;;. The second kappa shape index (κ2) is 14.4. The molecule has 0 radical (unpaired) electrons. The molecule has 0 aromatic rings. The number of ether oxygens (including phenoxy) is 3. The van der Waals surface area contributed by atoms with E-state index in [9.17, 15) is 19.5 Å². The van der Waals surface area contributed by atoms with Gasteiger partial charge in [0, 0.05) is 18.4 Å². The van der Waals surface area contributed by atoms with Crippen LogP contribution in [0.1, 0.15) is 26.2 Å². The Hall–Kier alpha value is -1.05. The molecule has 2 heterocycles. The summed E-state index contributed by atoms with van der Waals surface area (Å²) in [6.07, 6.45) is 2.57. The van der Waals surface area contributed by atoms with E-state index in [-0.39, 0.29) is 41.1 Å². The maximum Gasteiger partial charge on any atom is 1.00 e. The van der Waals surface area contributed by atoms with E-state index in [1.54, 1.807) is 6.92 Å². The van der Waals surface area contributed by atoms with Crippen molar-refractivity contribution >= 4 is 18.4 Å². The molecule has 0 unspecified atom stereocenters. The molecule has 0 atom stereocenters. The van der Waals surface area contributed by atoms with Crippen molar-refractivity contribution in [2.24, 2.45) is 0 Å². The third-order valence-electron chi connectivity index (χ3n) is 2.03. The van der Waals surface area contributed by atoms with Crippen molar-refractivity contribution in [3.05, 3.63) is 11.8 Å². The molecule has 0 aromatic heterocycles. The largest absolute Gasteiger partial charge is 1.00 e. The van der Waals surface area contributed by atoms with E-state index in [1.807, 2.05) is 0 Å². The summed E-state index contributed by atoms with van der Waals surface area (Å²) < 4.78 is 13.1. The van der Waals surface area contributed by atoms with Gasteiger partial charge in [-0.3, -0.25) is 9.59 Å². The van der Waals surface area contributed by atoms with Gasteiger partial charge in [0.05, 0.1) is 19.8 Å². The smallest absolute Gasteiger partial charge is 0.878 e. The van der Waals surface area contributed by atoms with Crippen molar-refractivity contribution in [3.8, 4) is 0 Å². The molecule has 2 fully saturated rings. The summed E-state index contributed by atoms with van der Waals surface area (Å²) in [4.78, 5) is 29.5. The van der Waals surface area contributed by atoms with Crippen molar-refractivity contribution < 1.29 is 63.3 Å². The number of carbonyl (C=O) groups excluding carboxylic acids is 3. The van der Waals surface area contributed by atoms with Crippen LogP contribution in [0.25, 0.3) is 0 Å². The van der Waals surface area contributed by atoms with Gasteiger partial charge >= 0.3 is 41.5 Å². The third-order valence-corrected chi connectivity index (χ3v) is 2.03. The number of hydrogen-bond donors (Lipinski definition) is 0. The summed E-state index contributed by atoms with van der Waals surface area (Å²) in [6.45, 7) is 3.67. The number of cyclic esters (lactones) is 2. The molecule has 0 amide bonds. The number of hydrogen-bond acceptors (Lipinski definition) is 7. The predicted molar refractivity (Wildman–Crippen MR) is 61.5 cm³/mol. The van der Waals surface area contributed by atoms with Gasteiger partial charge in [0.1, 0.15) is 0 Å². The second-order valence-corrected chi connectivity index (χ2v) is 3.40. The third kappa shape index (κ3) is 10.8. The van der Waals surface area contributed by atoms with Gasteiger partial charge in [0.15, 0.2) is 0 Å². The Kier molecular flexibility index (Phi) is 15.3. The van der Waals surface area contributed by atoms with Crippen molar-refractivity contribution in [1.82, 2.24) is 0 Å². The van der Waals surface area contributed by atoms with Crippen LogP contribution < -0.4 is 34.7 Å². The quantitative estimate of drug-likeness (QED) is 0.131. The van der Waals surface area contributed by atoms with Crippen molar-refractivity contribution in [3.63, 3.8) is 0 Å². The topological polar surface area (TPSA) is 102 Å². The Morgan fingerprint density at radius 2 is 1.95 bits per heavy atom. The van der Waals surface area contributed by atoms with Crippen LogP contribution in [0.3, 0.4) is 0 Å². The number of carbonyl (C=O) groups is 3. The van der Waals surface area contributed by atoms with Crippen LogP contribution in [0.15, 0.2) is 11.8 Å². The Morgan fingerprint density at radius 3 is 2.10 bits per heavy atom. The fourth-order valence-corrected chi connectivity index (χ4v) is 1.10. The first-order valence-electron chi connectivity index (χ1n) is 5.84. The molecule has 7 nitrogen and oxygen atoms in total. The molecule has 108 valence electrons. The summed E-state index contributed by atoms with van der Waals surface area (Å²) >= 11 is 0. The summed E-state index contributed by atoms with van der Waals surface area (Å²) in [7, 11) is 0. The Morgan fingerprint density at radius 1 is 1.25 bits per heavy atom. The van der Waals surface area contributed by atoms with Crippen LogP contribution in [0.5, 0.6) is 0 Å². The van der Waals surface area contributed by atoms with Gasteiger partial charge in [0.25, 0.3) is 6.47 Å². The van der Waals surface area contributed by atoms with Gasteiger partial charge in [-0.15, -0.1) is 6.26 Å². The molecule has 0 aliphatic carbocycles. The van der Waals surface area contributed by atoms with Crippen LogP contribution in [-0.2, 0) is 28.6 Å². The molecule has 0 spiro atoms. The molecule has 8 heteroatoms. The average molecular weight is 296 g/mol. The Bertz CT molecular complexity index is 320. The van der Waals surface area contributed by atoms with E-state index in [2.05, 4.69) is 14.2 Å². The normalized spacial score (nSPS) is 17.6. The molecule has 2 aliphatic heterocycles. The van der Waals surface area contributed by atoms with E-state index in [0.717, 1.165) is 6.42 Å². The first-order chi connectivity index (χ1) is 9.15. The Labute approximate surface area is 139 Å². The van der Waals surface area contributed by atoms with Gasteiger partial charge in [-0.05, 0) is 13.3 Å². The summed E-state index contributed by atoms with van der Waals surface area (Å²) in [5.41, 5.74) is 0.255. The molecule has 0 bridgehead atoms. The zero-order valence-corrected chi connectivity index (χ0v) is 13.8. The van der Waals surface area contributed by atoms with Gasteiger partial charge < -0.3 is 19.3 Å². The molecule has 2 saturated heterocycles. The van der Waals surface area contributed by atoms with E-state index >= 15 is 0 Å². The first-order valence-corrected chi connectivity index (χ1v) is 5.84. The summed E-state index contributed by atoms with van der Waals surface area (Å²) in [5, 5.41) is 9.88. The number of rotatable bonds is 2. The molecular weight excluding hydrogens is 279 g/mol. The summed E-state index contributed by atoms with van der Waals surface area (Å²) in [5.74, 6) is -0.505. The van der Waals surface area contributed by atoms with Gasteiger partial charge in [-0.1, -0.05) is 0 Å². The molecule has 0 aromatic carbocycles. The predicted octanol–water partition coefficient (Wildman–Crippen LogP) is -3.32. The number of esters is 2. The molecular formula is C12H17NaO7. The molecule has 2 aliphatic rings. The fourth-order valence-electron chi connectivity index (χ4n) is 1.10. The average Bonchev–Trinajstić information content (AvgIpc) is 3.03. The molecule has 2 rings (SSSR count). The zero-order valence-electron chi connectivity index (χ0n) is 11.8. The minimum absolute atomic E-state index is 0. The van der Waals surface area contributed by atoms with Crippen LogP contribution >= 0.6 is 0 Å². The zero-order chi connectivity index (χ0) is 14.5. The molecule has 0 N–H and O–H groups in total. The maximum atomic E-state index is 10.3. The minimum atomic E-state index is -0.458. The van der Waals surface area contributed by atoms with E-state index in [0.29, 0.717) is 45.4 Å². The summed E-state index contributed by atoms with van der Waals surface area (Å²) in [6, 6.07) is 0. The van der Waals surface area contributed by atoms with Gasteiger partial charge in [-0.2, -0.15) is 0 Å². The maximum absolute atomic E-state index is 10.3. The fraction of sp³-hybridized carbons (Fsp3) is 0.583. The first kappa shape index (κ1) is 21.3. The van der Waals surface area contributed by atoms with Crippen LogP contribution in [0.2, 0.25) is 0 Å². The van der Waals surface area contributed by atoms with Crippen molar-refractivity contribution in [2.75, 3.05) is 19.8 Å². The van der Waals surface area contributed by atoms with Gasteiger partial charge in [0.2, 0.25) is 0 Å². The van der Waals surface area contributed by atoms with Gasteiger partial charge in [-0.25, -0.2) is 4.79 Å². The second-order valence-electron chi connectivity index (χ2n) is 3.40. The monoisotopic (exact) mass is 296 g/mol. The van der Waals surface area contributed by atoms with E-state index in [4.69, 9.17) is 0 Å². The van der Waals surface area contributed by atoms with Crippen LogP contribution in [0.4, 0.5) is 0 Å². The van der Waals surface area contributed by atoms with E-state index in [1.165, 1.54) is 0 Å². The van der Waals surface area contributed by atoms with Crippen molar-refractivity contribution in [1.29, 1.82) is 0 Å². The van der Waals surface area contributed by atoms with Crippen molar-refractivity contribution in [2.45, 2.75) is 26.2 Å². The van der Waals surface area contributed by atoms with Crippen LogP contribution in [-0.4, -0.2) is 38.2 Å². The molecule has 0 saturated carbocycles. The van der Waals surface area contributed by atoms with E-state index < -0.39 is 5.97 Å². The molecule has 20 heavy (non-hydrogen) atoms. The minimum Gasteiger partial charge on any atom is -0.878 e. The van der Waals surface area contributed by atoms with Crippen LogP contribution in [0, 0.1) is 0 Å². The Balaban J connectivity index is 0. The SMILES string of the molecule is CCOC=O.O=C1CCCO1.O=C1OCC/C1=C\[O-].[Na+].